The van der Waals surface area contributed by atoms with Crippen molar-refractivity contribution in [1.29, 1.82) is 0 Å². The first-order valence-corrected chi connectivity index (χ1v) is 9.24. The van der Waals surface area contributed by atoms with E-state index < -0.39 is 23.7 Å². The molecule has 1 heterocycles. The fourth-order valence-corrected chi connectivity index (χ4v) is 3.16. The van der Waals surface area contributed by atoms with Gasteiger partial charge in [0.2, 0.25) is 0 Å². The summed E-state index contributed by atoms with van der Waals surface area (Å²) in [5.74, 6) is -2.52. The van der Waals surface area contributed by atoms with Gasteiger partial charge in [-0.15, -0.1) is 5.10 Å². The lowest BCUT2D eigenvalue weighted by Crippen LogP contribution is -2.35. The molecule has 12 heteroatoms. The second kappa shape index (κ2) is 8.98. The molecule has 0 aliphatic heterocycles. The van der Waals surface area contributed by atoms with Gasteiger partial charge in [0, 0.05) is 24.3 Å². The van der Waals surface area contributed by atoms with E-state index in [1.54, 1.807) is 6.92 Å². The van der Waals surface area contributed by atoms with Crippen molar-refractivity contribution in [2.45, 2.75) is 19.1 Å². The van der Waals surface area contributed by atoms with Crippen LogP contribution in [-0.2, 0) is 10.9 Å². The Morgan fingerprint density at radius 3 is 2.65 bits per heavy atom. The van der Waals surface area contributed by atoms with Crippen LogP contribution in [0.2, 0.25) is 5.02 Å². The molecule has 2 aromatic carbocycles. The van der Waals surface area contributed by atoms with Crippen LogP contribution in [0.1, 0.15) is 23.1 Å². The number of halogens is 5. The van der Waals surface area contributed by atoms with E-state index in [0.29, 0.717) is 10.2 Å². The number of hydrogen-bond donors (Lipinski definition) is 1. The second-order valence-electron chi connectivity index (χ2n) is 6.63. The molecule has 1 aromatic heterocycles. The first-order valence-electron chi connectivity index (χ1n) is 8.86. The molecule has 0 saturated carbocycles. The van der Waals surface area contributed by atoms with E-state index in [-0.39, 0.29) is 34.5 Å². The van der Waals surface area contributed by atoms with Crippen LogP contribution in [0.25, 0.3) is 16.8 Å². The summed E-state index contributed by atoms with van der Waals surface area (Å²) in [5.41, 5.74) is 0.487. The molecule has 0 aliphatic carbocycles. The lowest BCUT2D eigenvalue weighted by molar-refractivity contribution is -0.146. The maximum atomic E-state index is 13.5. The lowest BCUT2D eigenvalue weighted by Gasteiger charge is -2.15. The van der Waals surface area contributed by atoms with Crippen LogP contribution in [0.5, 0.6) is 0 Å². The predicted molar refractivity (Wildman–Crippen MR) is 103 cm³/mol. The Morgan fingerprint density at radius 1 is 1.26 bits per heavy atom. The lowest BCUT2D eigenvalue weighted by atomic mass is 10.0. The molecule has 1 atom stereocenters. The Morgan fingerprint density at radius 2 is 2.00 bits per heavy atom. The SMILES string of the molecule is COCC(C)NC(=O)c1cc(-c2ccc(F)cc2Cl)cc(-n2nnnc2C(F)(F)F)c1. The number of carbonyl (C=O) groups excluding carboxylic acids is 1. The van der Waals surface area contributed by atoms with Gasteiger partial charge in [-0.1, -0.05) is 11.6 Å². The highest BCUT2D eigenvalue weighted by molar-refractivity contribution is 6.33. The fraction of sp³-hybridized carbons (Fsp3) is 0.263. The molecule has 1 unspecified atom stereocenters. The number of amides is 1. The van der Waals surface area contributed by atoms with Gasteiger partial charge in [0.05, 0.1) is 17.3 Å². The van der Waals surface area contributed by atoms with Crippen molar-refractivity contribution in [3.63, 3.8) is 0 Å². The third-order valence-electron chi connectivity index (χ3n) is 4.18. The third-order valence-corrected chi connectivity index (χ3v) is 4.50. The number of hydrogen-bond acceptors (Lipinski definition) is 5. The van der Waals surface area contributed by atoms with Crippen molar-refractivity contribution in [3.8, 4) is 16.8 Å². The summed E-state index contributed by atoms with van der Waals surface area (Å²) in [4.78, 5) is 12.7. The van der Waals surface area contributed by atoms with Gasteiger partial charge in [0.15, 0.2) is 0 Å². The highest BCUT2D eigenvalue weighted by Gasteiger charge is 2.38. The molecule has 1 N–H and O–H groups in total. The first-order chi connectivity index (χ1) is 14.6. The maximum absolute atomic E-state index is 13.5. The molecule has 164 valence electrons. The van der Waals surface area contributed by atoms with E-state index >= 15 is 0 Å². The third kappa shape index (κ3) is 5.17. The molecular weight excluding hydrogens is 442 g/mol. The number of tetrazole rings is 1. The first kappa shape index (κ1) is 22.6. The highest BCUT2D eigenvalue weighted by atomic mass is 35.5. The number of alkyl halides is 3. The van der Waals surface area contributed by atoms with E-state index in [9.17, 15) is 22.4 Å². The Bertz CT molecular complexity index is 1100. The highest BCUT2D eigenvalue weighted by Crippen LogP contribution is 2.33. The molecule has 31 heavy (non-hydrogen) atoms. The van der Waals surface area contributed by atoms with Crippen LogP contribution < -0.4 is 5.32 Å². The summed E-state index contributed by atoms with van der Waals surface area (Å²) in [7, 11) is 1.47. The van der Waals surface area contributed by atoms with Crippen LogP contribution in [0.4, 0.5) is 17.6 Å². The van der Waals surface area contributed by atoms with Gasteiger partial charge in [-0.2, -0.15) is 17.9 Å². The number of ether oxygens (including phenoxy) is 1. The van der Waals surface area contributed by atoms with Gasteiger partial charge in [-0.25, -0.2) is 4.39 Å². The van der Waals surface area contributed by atoms with Crippen LogP contribution in [0, 0.1) is 5.82 Å². The maximum Gasteiger partial charge on any atom is 0.453 e. The molecule has 3 aromatic rings. The number of nitrogens with zero attached hydrogens (tertiary/aromatic N) is 4. The average Bonchev–Trinajstić information content (AvgIpc) is 3.18. The summed E-state index contributed by atoms with van der Waals surface area (Å²) in [6, 6.07) is 7.15. The van der Waals surface area contributed by atoms with Crippen LogP contribution >= 0.6 is 11.6 Å². The summed E-state index contributed by atoms with van der Waals surface area (Å²) >= 11 is 6.12. The quantitative estimate of drug-likeness (QED) is 0.568. The number of benzene rings is 2. The number of aromatic nitrogens is 4. The zero-order valence-corrected chi connectivity index (χ0v) is 17.0. The minimum absolute atomic E-state index is 0.0176. The standard InChI is InChI=1S/C19H16ClF4N5O2/c1-10(9-31-2)25-17(30)12-5-11(15-4-3-13(21)8-16(15)20)6-14(7-12)29-18(19(22,23)24)26-27-28-29/h3-8,10H,9H2,1-2H3,(H,25,30). The van der Waals surface area contributed by atoms with Crippen molar-refractivity contribution >= 4 is 17.5 Å². The number of methoxy groups -OCH3 is 1. The average molecular weight is 458 g/mol. The molecule has 0 spiro atoms. The van der Waals surface area contributed by atoms with Crippen LogP contribution in [-0.4, -0.2) is 45.9 Å². The van der Waals surface area contributed by atoms with Crippen molar-refractivity contribution < 1.29 is 27.1 Å². The van der Waals surface area contributed by atoms with Gasteiger partial charge >= 0.3 is 6.18 Å². The number of carbonyl (C=O) groups is 1. The summed E-state index contributed by atoms with van der Waals surface area (Å²) < 4.78 is 58.8. The summed E-state index contributed by atoms with van der Waals surface area (Å²) in [5, 5.41) is 12.2. The fourth-order valence-electron chi connectivity index (χ4n) is 2.88. The van der Waals surface area contributed by atoms with E-state index in [4.69, 9.17) is 16.3 Å². The van der Waals surface area contributed by atoms with Crippen molar-refractivity contribution in [2.75, 3.05) is 13.7 Å². The summed E-state index contributed by atoms with van der Waals surface area (Å²) in [6.07, 6.45) is -4.83. The van der Waals surface area contributed by atoms with Gasteiger partial charge in [-0.05, 0) is 59.3 Å². The van der Waals surface area contributed by atoms with Gasteiger partial charge < -0.3 is 10.1 Å². The predicted octanol–water partition coefficient (Wildman–Crippen LogP) is 3.91. The minimum Gasteiger partial charge on any atom is -0.383 e. The van der Waals surface area contributed by atoms with Crippen molar-refractivity contribution in [3.05, 3.63) is 58.6 Å². The van der Waals surface area contributed by atoms with Crippen LogP contribution in [0.15, 0.2) is 36.4 Å². The van der Waals surface area contributed by atoms with Crippen molar-refractivity contribution in [1.82, 2.24) is 25.5 Å². The zero-order chi connectivity index (χ0) is 22.8. The molecule has 0 saturated heterocycles. The summed E-state index contributed by atoms with van der Waals surface area (Å²) in [6.45, 7) is 1.93. The Hall–Kier alpha value is -3.05. The van der Waals surface area contributed by atoms with Crippen molar-refractivity contribution in [2.24, 2.45) is 0 Å². The second-order valence-corrected chi connectivity index (χ2v) is 7.04. The molecule has 0 radical (unpaired) electrons. The van der Waals surface area contributed by atoms with E-state index in [2.05, 4.69) is 20.8 Å². The van der Waals surface area contributed by atoms with Gasteiger partial charge in [0.25, 0.3) is 11.7 Å². The number of rotatable bonds is 6. The molecule has 0 bridgehead atoms. The molecule has 3 rings (SSSR count). The topological polar surface area (TPSA) is 81.9 Å². The van der Waals surface area contributed by atoms with E-state index in [1.807, 2.05) is 0 Å². The molecule has 0 aliphatic rings. The van der Waals surface area contributed by atoms with Crippen LogP contribution in [0.3, 0.4) is 0 Å². The smallest absolute Gasteiger partial charge is 0.383 e. The number of nitrogens with one attached hydrogen (secondary N) is 1. The normalized spacial score (nSPS) is 12.6. The van der Waals surface area contributed by atoms with E-state index in [1.165, 1.54) is 31.4 Å². The monoisotopic (exact) mass is 457 g/mol. The molecule has 1 amide bonds. The minimum atomic E-state index is -4.83. The van der Waals surface area contributed by atoms with Gasteiger partial charge in [-0.3, -0.25) is 4.79 Å². The molecule has 7 nitrogen and oxygen atoms in total. The van der Waals surface area contributed by atoms with E-state index in [0.717, 1.165) is 12.1 Å². The molecular formula is C19H16ClF4N5O2. The van der Waals surface area contributed by atoms with Gasteiger partial charge in [0.1, 0.15) is 5.82 Å². The molecule has 0 fully saturated rings. The Kier molecular flexibility index (Phi) is 6.56. The Labute approximate surface area is 179 Å². The largest absolute Gasteiger partial charge is 0.453 e. The Balaban J connectivity index is 2.15. The zero-order valence-electron chi connectivity index (χ0n) is 16.2.